The van der Waals surface area contributed by atoms with Gasteiger partial charge in [0, 0.05) is 20.6 Å². The van der Waals surface area contributed by atoms with Gasteiger partial charge in [-0.05, 0) is 6.92 Å². The molecule has 0 bridgehead atoms. The molecule has 1 N–H and O–H groups in total. The standard InChI is InChI=1S/C8H16O3/c1-5-8(2,9)6-7(10-3)11-4/h5,7,9H,1,6H2,2-4H3/t8-/m1/s1. The lowest BCUT2D eigenvalue weighted by Gasteiger charge is -2.23. The van der Waals surface area contributed by atoms with Gasteiger partial charge in [-0.1, -0.05) is 6.08 Å². The minimum absolute atomic E-state index is 0.372. The van der Waals surface area contributed by atoms with E-state index in [4.69, 9.17) is 9.47 Å². The molecule has 0 fully saturated rings. The van der Waals surface area contributed by atoms with E-state index in [1.807, 2.05) is 0 Å². The van der Waals surface area contributed by atoms with Crippen LogP contribution in [0.4, 0.5) is 0 Å². The van der Waals surface area contributed by atoms with E-state index in [2.05, 4.69) is 6.58 Å². The minimum atomic E-state index is -0.920. The molecule has 0 aromatic heterocycles. The summed E-state index contributed by atoms with van der Waals surface area (Å²) in [6.07, 6.45) is 1.49. The number of ether oxygens (including phenoxy) is 2. The highest BCUT2D eigenvalue weighted by atomic mass is 16.7. The zero-order valence-corrected chi connectivity index (χ0v) is 7.33. The predicted molar refractivity (Wildman–Crippen MR) is 43.2 cm³/mol. The lowest BCUT2D eigenvalue weighted by molar-refractivity contribution is -0.131. The highest BCUT2D eigenvalue weighted by Gasteiger charge is 2.21. The number of hydrogen-bond acceptors (Lipinski definition) is 3. The van der Waals surface area contributed by atoms with Crippen molar-refractivity contribution in [3.63, 3.8) is 0 Å². The number of methoxy groups -OCH3 is 2. The van der Waals surface area contributed by atoms with Gasteiger partial charge in [-0.3, -0.25) is 0 Å². The summed E-state index contributed by atoms with van der Waals surface area (Å²) in [5.74, 6) is 0. The van der Waals surface area contributed by atoms with Crippen LogP contribution in [0.15, 0.2) is 12.7 Å². The fourth-order valence-electron chi connectivity index (χ4n) is 0.684. The molecule has 0 aromatic carbocycles. The van der Waals surface area contributed by atoms with E-state index < -0.39 is 5.60 Å². The van der Waals surface area contributed by atoms with Gasteiger partial charge in [0.15, 0.2) is 6.29 Å². The van der Waals surface area contributed by atoms with E-state index in [9.17, 15) is 5.11 Å². The van der Waals surface area contributed by atoms with Crippen molar-refractivity contribution in [2.45, 2.75) is 25.2 Å². The Labute approximate surface area is 67.6 Å². The average molecular weight is 160 g/mol. The molecular weight excluding hydrogens is 144 g/mol. The first kappa shape index (κ1) is 10.6. The van der Waals surface area contributed by atoms with Crippen LogP contribution in [-0.2, 0) is 9.47 Å². The molecule has 0 aromatic rings. The van der Waals surface area contributed by atoms with E-state index in [0.29, 0.717) is 6.42 Å². The monoisotopic (exact) mass is 160 g/mol. The van der Waals surface area contributed by atoms with Crippen LogP contribution in [0, 0.1) is 0 Å². The second-order valence-electron chi connectivity index (χ2n) is 2.67. The van der Waals surface area contributed by atoms with Gasteiger partial charge in [0.1, 0.15) is 0 Å². The lowest BCUT2D eigenvalue weighted by atomic mass is 10.0. The highest BCUT2D eigenvalue weighted by molar-refractivity contribution is 4.92. The van der Waals surface area contributed by atoms with Crippen LogP contribution in [0.2, 0.25) is 0 Å². The van der Waals surface area contributed by atoms with Crippen LogP contribution >= 0.6 is 0 Å². The Balaban J connectivity index is 3.88. The maximum absolute atomic E-state index is 9.48. The van der Waals surface area contributed by atoms with Crippen molar-refractivity contribution in [2.24, 2.45) is 0 Å². The quantitative estimate of drug-likeness (QED) is 0.480. The summed E-state index contributed by atoms with van der Waals surface area (Å²) in [7, 11) is 3.07. The number of aliphatic hydroxyl groups is 1. The molecule has 1 atom stereocenters. The zero-order valence-electron chi connectivity index (χ0n) is 7.33. The molecule has 0 amide bonds. The van der Waals surface area contributed by atoms with Crippen molar-refractivity contribution < 1.29 is 14.6 Å². The predicted octanol–water partition coefficient (Wildman–Crippen LogP) is 0.932. The molecule has 0 heterocycles. The largest absolute Gasteiger partial charge is 0.386 e. The van der Waals surface area contributed by atoms with Crippen molar-refractivity contribution in [1.82, 2.24) is 0 Å². The average Bonchev–Trinajstić information content (AvgIpc) is 2.00. The molecule has 0 aliphatic heterocycles. The van der Waals surface area contributed by atoms with Crippen molar-refractivity contribution in [3.05, 3.63) is 12.7 Å². The van der Waals surface area contributed by atoms with Gasteiger partial charge in [0.25, 0.3) is 0 Å². The zero-order chi connectivity index (χ0) is 8.91. The summed E-state index contributed by atoms with van der Waals surface area (Å²) in [5.41, 5.74) is -0.920. The third-order valence-electron chi connectivity index (χ3n) is 1.55. The Bertz CT molecular complexity index is 117. The number of rotatable bonds is 5. The molecule has 66 valence electrons. The van der Waals surface area contributed by atoms with E-state index in [1.54, 1.807) is 6.92 Å². The molecule has 0 unspecified atom stereocenters. The van der Waals surface area contributed by atoms with E-state index >= 15 is 0 Å². The Morgan fingerprint density at radius 2 is 2.00 bits per heavy atom. The fraction of sp³-hybridized carbons (Fsp3) is 0.750. The molecule has 3 heteroatoms. The summed E-state index contributed by atoms with van der Waals surface area (Å²) in [6.45, 7) is 5.15. The summed E-state index contributed by atoms with van der Waals surface area (Å²) in [5, 5.41) is 9.48. The Hall–Kier alpha value is -0.380. The molecule has 3 nitrogen and oxygen atoms in total. The molecule has 0 spiro atoms. The van der Waals surface area contributed by atoms with Crippen LogP contribution in [-0.4, -0.2) is 31.2 Å². The van der Waals surface area contributed by atoms with Gasteiger partial charge in [-0.2, -0.15) is 0 Å². The normalized spacial score (nSPS) is 16.5. The molecule has 0 radical (unpaired) electrons. The van der Waals surface area contributed by atoms with Crippen LogP contribution in [0.3, 0.4) is 0 Å². The van der Waals surface area contributed by atoms with Crippen LogP contribution in [0.25, 0.3) is 0 Å². The molecular formula is C8H16O3. The fourth-order valence-corrected chi connectivity index (χ4v) is 0.684. The van der Waals surface area contributed by atoms with Gasteiger partial charge < -0.3 is 14.6 Å². The second-order valence-corrected chi connectivity index (χ2v) is 2.67. The van der Waals surface area contributed by atoms with Crippen molar-refractivity contribution in [1.29, 1.82) is 0 Å². The van der Waals surface area contributed by atoms with Gasteiger partial charge >= 0.3 is 0 Å². The van der Waals surface area contributed by atoms with Gasteiger partial charge in [-0.15, -0.1) is 6.58 Å². The molecule has 0 rings (SSSR count). The van der Waals surface area contributed by atoms with Gasteiger partial charge in [-0.25, -0.2) is 0 Å². The molecule has 0 saturated heterocycles. The SMILES string of the molecule is C=C[C@@](C)(O)CC(OC)OC. The third-order valence-corrected chi connectivity index (χ3v) is 1.55. The molecule has 0 aliphatic carbocycles. The van der Waals surface area contributed by atoms with E-state index in [1.165, 1.54) is 20.3 Å². The van der Waals surface area contributed by atoms with Crippen LogP contribution in [0.1, 0.15) is 13.3 Å². The topological polar surface area (TPSA) is 38.7 Å². The Kier molecular flexibility index (Phi) is 4.33. The summed E-state index contributed by atoms with van der Waals surface area (Å²) >= 11 is 0. The molecule has 11 heavy (non-hydrogen) atoms. The van der Waals surface area contributed by atoms with Gasteiger partial charge in [0.2, 0.25) is 0 Å². The maximum Gasteiger partial charge on any atom is 0.159 e. The van der Waals surface area contributed by atoms with Crippen molar-refractivity contribution in [2.75, 3.05) is 14.2 Å². The minimum Gasteiger partial charge on any atom is -0.386 e. The van der Waals surface area contributed by atoms with E-state index in [-0.39, 0.29) is 6.29 Å². The Morgan fingerprint density at radius 1 is 1.55 bits per heavy atom. The van der Waals surface area contributed by atoms with Crippen LogP contribution < -0.4 is 0 Å². The third kappa shape index (κ3) is 4.14. The molecule has 0 aliphatic rings. The summed E-state index contributed by atoms with van der Waals surface area (Å²) in [6, 6.07) is 0. The first-order valence-electron chi connectivity index (χ1n) is 3.47. The molecule has 0 saturated carbocycles. The van der Waals surface area contributed by atoms with Crippen molar-refractivity contribution >= 4 is 0 Å². The second kappa shape index (κ2) is 4.49. The number of hydrogen-bond donors (Lipinski definition) is 1. The lowest BCUT2D eigenvalue weighted by Crippen LogP contribution is -2.29. The highest BCUT2D eigenvalue weighted by Crippen LogP contribution is 2.14. The van der Waals surface area contributed by atoms with Crippen molar-refractivity contribution in [3.8, 4) is 0 Å². The smallest absolute Gasteiger partial charge is 0.159 e. The van der Waals surface area contributed by atoms with Crippen LogP contribution in [0.5, 0.6) is 0 Å². The first-order valence-corrected chi connectivity index (χ1v) is 3.47. The Morgan fingerprint density at radius 3 is 2.27 bits per heavy atom. The van der Waals surface area contributed by atoms with E-state index in [0.717, 1.165) is 0 Å². The summed E-state index contributed by atoms with van der Waals surface area (Å²) in [4.78, 5) is 0. The van der Waals surface area contributed by atoms with Gasteiger partial charge in [0.05, 0.1) is 5.60 Å². The first-order chi connectivity index (χ1) is 5.05. The maximum atomic E-state index is 9.48. The summed E-state index contributed by atoms with van der Waals surface area (Å²) < 4.78 is 9.81.